The lowest BCUT2D eigenvalue weighted by Gasteiger charge is -2.09. The summed E-state index contributed by atoms with van der Waals surface area (Å²) in [6.45, 7) is 3.71. The zero-order valence-electron chi connectivity index (χ0n) is 11.5. The van der Waals surface area contributed by atoms with E-state index in [4.69, 9.17) is 5.73 Å². The Kier molecular flexibility index (Phi) is 3.89. The number of aryl methyl sites for hydroxylation is 2. The number of rotatable bonds is 3. The quantitative estimate of drug-likeness (QED) is 0.834. The predicted octanol–water partition coefficient (Wildman–Crippen LogP) is 1.69. The van der Waals surface area contributed by atoms with Crippen LogP contribution in [0.3, 0.4) is 0 Å². The Labute approximate surface area is 117 Å². The van der Waals surface area contributed by atoms with Crippen molar-refractivity contribution in [1.82, 2.24) is 4.57 Å². The fraction of sp³-hybridized carbons (Fsp3) is 0.200. The molecule has 5 nitrogen and oxygen atoms in total. The van der Waals surface area contributed by atoms with Crippen molar-refractivity contribution in [3.05, 3.63) is 58.0 Å². The Morgan fingerprint density at radius 3 is 2.65 bits per heavy atom. The van der Waals surface area contributed by atoms with Gasteiger partial charge in [-0.1, -0.05) is 6.07 Å². The Morgan fingerprint density at radius 2 is 2.00 bits per heavy atom. The minimum absolute atomic E-state index is 0.0209. The largest absolute Gasteiger partial charge is 0.398 e. The SMILES string of the molecule is Cc1ccn(CC(=O)Nc2ccc(C)c(N)c2)c(=O)c1. The highest BCUT2D eigenvalue weighted by Gasteiger charge is 2.06. The van der Waals surface area contributed by atoms with Crippen LogP contribution in [0.5, 0.6) is 0 Å². The van der Waals surface area contributed by atoms with Crippen LogP contribution in [0.15, 0.2) is 41.3 Å². The summed E-state index contributed by atoms with van der Waals surface area (Å²) in [5.74, 6) is -0.265. The first kappa shape index (κ1) is 13.9. The van der Waals surface area contributed by atoms with Gasteiger partial charge in [-0.3, -0.25) is 9.59 Å². The van der Waals surface area contributed by atoms with Crippen molar-refractivity contribution in [2.75, 3.05) is 11.1 Å². The highest BCUT2D eigenvalue weighted by molar-refractivity contribution is 5.91. The van der Waals surface area contributed by atoms with Crippen LogP contribution in [0, 0.1) is 13.8 Å². The van der Waals surface area contributed by atoms with Gasteiger partial charge in [0.15, 0.2) is 0 Å². The third-order valence-corrected chi connectivity index (χ3v) is 3.03. The lowest BCUT2D eigenvalue weighted by Crippen LogP contribution is -2.26. The monoisotopic (exact) mass is 271 g/mol. The first-order valence-corrected chi connectivity index (χ1v) is 6.29. The van der Waals surface area contributed by atoms with Crippen molar-refractivity contribution in [2.24, 2.45) is 0 Å². The Bertz CT molecular complexity index is 705. The molecular weight excluding hydrogens is 254 g/mol. The summed E-state index contributed by atoms with van der Waals surface area (Å²) in [5.41, 5.74) is 8.67. The van der Waals surface area contributed by atoms with Crippen LogP contribution >= 0.6 is 0 Å². The maximum Gasteiger partial charge on any atom is 0.251 e. The second-order valence-corrected chi connectivity index (χ2v) is 4.79. The van der Waals surface area contributed by atoms with Crippen LogP contribution in [0.1, 0.15) is 11.1 Å². The number of nitrogens with two attached hydrogens (primary N) is 1. The maximum atomic E-state index is 11.9. The molecule has 5 heteroatoms. The Morgan fingerprint density at radius 1 is 1.25 bits per heavy atom. The van der Waals surface area contributed by atoms with E-state index in [0.717, 1.165) is 11.1 Å². The van der Waals surface area contributed by atoms with Crippen LogP contribution in [0.4, 0.5) is 11.4 Å². The van der Waals surface area contributed by atoms with E-state index < -0.39 is 0 Å². The van der Waals surface area contributed by atoms with Gasteiger partial charge in [0, 0.05) is 23.6 Å². The zero-order valence-corrected chi connectivity index (χ0v) is 11.5. The Hall–Kier alpha value is -2.56. The number of nitrogen functional groups attached to an aromatic ring is 1. The average Bonchev–Trinajstić information content (AvgIpc) is 2.37. The van der Waals surface area contributed by atoms with Crippen molar-refractivity contribution in [1.29, 1.82) is 0 Å². The fourth-order valence-electron chi connectivity index (χ4n) is 1.81. The number of pyridine rings is 1. The molecule has 0 saturated heterocycles. The third-order valence-electron chi connectivity index (χ3n) is 3.03. The Balaban J connectivity index is 2.09. The van der Waals surface area contributed by atoms with E-state index in [1.165, 1.54) is 10.6 Å². The number of amides is 1. The number of anilines is 2. The summed E-state index contributed by atoms with van der Waals surface area (Å²) < 4.78 is 1.36. The van der Waals surface area contributed by atoms with Crippen LogP contribution < -0.4 is 16.6 Å². The first-order valence-electron chi connectivity index (χ1n) is 6.29. The summed E-state index contributed by atoms with van der Waals surface area (Å²) in [4.78, 5) is 23.6. The molecule has 0 aliphatic rings. The number of nitrogens with zero attached hydrogens (tertiary/aromatic N) is 1. The van der Waals surface area contributed by atoms with E-state index in [9.17, 15) is 9.59 Å². The second-order valence-electron chi connectivity index (χ2n) is 4.79. The summed E-state index contributed by atoms with van der Waals surface area (Å²) in [6.07, 6.45) is 1.61. The van der Waals surface area contributed by atoms with Gasteiger partial charge in [-0.2, -0.15) is 0 Å². The molecule has 0 spiro atoms. The molecule has 0 fully saturated rings. The third kappa shape index (κ3) is 3.26. The van der Waals surface area contributed by atoms with Crippen molar-refractivity contribution in [2.45, 2.75) is 20.4 Å². The molecule has 0 unspecified atom stereocenters. The number of hydrogen-bond donors (Lipinski definition) is 2. The molecule has 0 aliphatic heterocycles. The summed E-state index contributed by atoms with van der Waals surface area (Å²) in [7, 11) is 0. The molecule has 0 aliphatic carbocycles. The number of carbonyl (C=O) groups excluding carboxylic acids is 1. The fourth-order valence-corrected chi connectivity index (χ4v) is 1.81. The molecule has 3 N–H and O–H groups in total. The summed E-state index contributed by atoms with van der Waals surface area (Å²) in [6, 6.07) is 8.60. The molecule has 0 bridgehead atoms. The van der Waals surface area contributed by atoms with E-state index in [0.29, 0.717) is 11.4 Å². The van der Waals surface area contributed by atoms with E-state index in [1.54, 1.807) is 24.4 Å². The van der Waals surface area contributed by atoms with Crippen molar-refractivity contribution in [3.8, 4) is 0 Å². The number of hydrogen-bond acceptors (Lipinski definition) is 3. The molecular formula is C15H17N3O2. The highest BCUT2D eigenvalue weighted by Crippen LogP contribution is 2.16. The first-order chi connectivity index (χ1) is 9.45. The number of benzene rings is 1. The van der Waals surface area contributed by atoms with Gasteiger partial charge in [0.05, 0.1) is 0 Å². The van der Waals surface area contributed by atoms with Gasteiger partial charge in [0.25, 0.3) is 5.56 Å². The van der Waals surface area contributed by atoms with Crippen LogP contribution in [0.2, 0.25) is 0 Å². The van der Waals surface area contributed by atoms with E-state index >= 15 is 0 Å². The van der Waals surface area contributed by atoms with Gasteiger partial charge in [-0.05, 0) is 43.2 Å². The van der Waals surface area contributed by atoms with E-state index in [-0.39, 0.29) is 18.0 Å². The van der Waals surface area contributed by atoms with Crippen LogP contribution in [-0.4, -0.2) is 10.5 Å². The molecule has 20 heavy (non-hydrogen) atoms. The molecule has 1 aromatic carbocycles. The normalized spacial score (nSPS) is 10.3. The maximum absolute atomic E-state index is 11.9. The van der Waals surface area contributed by atoms with Gasteiger partial charge in [-0.25, -0.2) is 0 Å². The van der Waals surface area contributed by atoms with Gasteiger partial charge in [0.2, 0.25) is 5.91 Å². The summed E-state index contributed by atoms with van der Waals surface area (Å²) in [5, 5.41) is 2.72. The van der Waals surface area contributed by atoms with E-state index in [1.807, 2.05) is 19.9 Å². The predicted molar refractivity (Wildman–Crippen MR) is 79.7 cm³/mol. The zero-order chi connectivity index (χ0) is 14.7. The highest BCUT2D eigenvalue weighted by atomic mass is 16.2. The second kappa shape index (κ2) is 5.61. The lowest BCUT2D eigenvalue weighted by atomic mass is 10.2. The molecule has 2 aromatic rings. The van der Waals surface area contributed by atoms with Crippen molar-refractivity contribution >= 4 is 17.3 Å². The molecule has 104 valence electrons. The van der Waals surface area contributed by atoms with E-state index in [2.05, 4.69) is 5.32 Å². The summed E-state index contributed by atoms with van der Waals surface area (Å²) >= 11 is 0. The molecule has 2 rings (SSSR count). The minimum Gasteiger partial charge on any atom is -0.398 e. The number of nitrogens with one attached hydrogen (secondary N) is 1. The van der Waals surface area contributed by atoms with Crippen molar-refractivity contribution < 1.29 is 4.79 Å². The molecule has 1 amide bonds. The van der Waals surface area contributed by atoms with Crippen LogP contribution in [-0.2, 0) is 11.3 Å². The van der Waals surface area contributed by atoms with Crippen molar-refractivity contribution in [3.63, 3.8) is 0 Å². The van der Waals surface area contributed by atoms with Gasteiger partial charge in [-0.15, -0.1) is 0 Å². The average molecular weight is 271 g/mol. The molecule has 0 saturated carbocycles. The van der Waals surface area contributed by atoms with Gasteiger partial charge < -0.3 is 15.6 Å². The molecule has 0 radical (unpaired) electrons. The number of carbonyl (C=O) groups is 1. The minimum atomic E-state index is -0.265. The molecule has 1 heterocycles. The molecule has 0 atom stereocenters. The van der Waals surface area contributed by atoms with Gasteiger partial charge >= 0.3 is 0 Å². The topological polar surface area (TPSA) is 77.1 Å². The standard InChI is InChI=1S/C15H17N3O2/c1-10-5-6-18(15(20)7-10)9-14(19)17-12-4-3-11(2)13(16)8-12/h3-8H,9,16H2,1-2H3,(H,17,19). The lowest BCUT2D eigenvalue weighted by molar-refractivity contribution is -0.116. The number of aromatic nitrogens is 1. The van der Waals surface area contributed by atoms with Crippen LogP contribution in [0.25, 0.3) is 0 Å². The smallest absolute Gasteiger partial charge is 0.251 e. The van der Waals surface area contributed by atoms with Gasteiger partial charge in [0.1, 0.15) is 6.54 Å². The molecule has 1 aromatic heterocycles.